The number of hydrogen-bond donors (Lipinski definition) is 6. The molecule has 5 amide bonds. The molecule has 14 heteroatoms. The predicted molar refractivity (Wildman–Crippen MR) is 166 cm³/mol. The first-order valence-electron chi connectivity index (χ1n) is 15.5. The molecule has 1 aromatic carbocycles. The number of carbonyl (C=O) groups is 6. The highest BCUT2D eigenvalue weighted by molar-refractivity contribution is 5.99. The van der Waals surface area contributed by atoms with Crippen LogP contribution in [0.1, 0.15) is 64.6 Å². The van der Waals surface area contributed by atoms with Crippen LogP contribution >= 0.6 is 0 Å². The maximum absolute atomic E-state index is 13.9. The molecule has 4 rings (SSSR count). The lowest BCUT2D eigenvalue weighted by atomic mass is 9.98. The molecule has 46 heavy (non-hydrogen) atoms. The number of para-hydroxylation sites is 1. The maximum atomic E-state index is 13.9. The Hall–Kier alpha value is -4.93. The number of carboxylic acid groups (broad SMARTS) is 1. The zero-order valence-electron chi connectivity index (χ0n) is 26.4. The molecule has 246 valence electrons. The van der Waals surface area contributed by atoms with Gasteiger partial charge in [0.05, 0.1) is 6.42 Å². The summed E-state index contributed by atoms with van der Waals surface area (Å²) in [6.45, 7) is 7.36. The van der Waals surface area contributed by atoms with Crippen LogP contribution in [-0.2, 0) is 35.2 Å². The highest BCUT2D eigenvalue weighted by Crippen LogP contribution is 2.24. The summed E-state index contributed by atoms with van der Waals surface area (Å²) < 4.78 is 0. The average molecular weight is 636 g/mol. The molecule has 0 aliphatic carbocycles. The van der Waals surface area contributed by atoms with Gasteiger partial charge in [-0.1, -0.05) is 45.9 Å². The fourth-order valence-corrected chi connectivity index (χ4v) is 6.09. The smallest absolute Gasteiger partial charge is 0.305 e. The average Bonchev–Trinajstić information content (AvgIpc) is 3.62. The van der Waals surface area contributed by atoms with Crippen molar-refractivity contribution in [3.8, 4) is 6.07 Å². The van der Waals surface area contributed by atoms with Crippen LogP contribution in [0.15, 0.2) is 24.3 Å². The molecule has 2 aliphatic heterocycles. The number of rotatable bonds is 7. The number of fused-ring (bicyclic) bond motifs is 2. The number of carbonyl (C=O) groups excluding carboxylic acids is 5. The summed E-state index contributed by atoms with van der Waals surface area (Å²) in [5, 5.41) is 30.9. The minimum atomic E-state index is -1.55. The molecule has 0 saturated carbocycles. The highest BCUT2D eigenvalue weighted by Gasteiger charge is 2.41. The van der Waals surface area contributed by atoms with Crippen molar-refractivity contribution in [2.24, 2.45) is 11.8 Å². The third-order valence-corrected chi connectivity index (χ3v) is 8.39. The van der Waals surface area contributed by atoms with Gasteiger partial charge in [0.2, 0.25) is 29.5 Å². The van der Waals surface area contributed by atoms with Crippen molar-refractivity contribution in [1.29, 1.82) is 5.26 Å². The number of hydrogen-bond acceptors (Lipinski definition) is 7. The molecule has 0 unspecified atom stereocenters. The second kappa shape index (κ2) is 14.4. The van der Waals surface area contributed by atoms with Gasteiger partial charge in [-0.2, -0.15) is 5.26 Å². The van der Waals surface area contributed by atoms with Gasteiger partial charge in [0, 0.05) is 23.9 Å². The van der Waals surface area contributed by atoms with E-state index in [1.54, 1.807) is 38.1 Å². The van der Waals surface area contributed by atoms with Crippen LogP contribution in [0.5, 0.6) is 0 Å². The summed E-state index contributed by atoms with van der Waals surface area (Å²) in [7, 11) is 0. The number of aromatic amines is 1. The fourth-order valence-electron chi connectivity index (χ4n) is 6.09. The number of nitrogens with zero attached hydrogens (tertiary/aromatic N) is 2. The standard InChI is InChI=1S/C32H41N7O7/c1-16(2)12-21-28(42)35-22(13-19-18-8-5-6-9-20(18)34-24(19)15-33)29(43)37-23(14-26(40)41)32(46)39-11-7-10-25(39)30(44)38-27(17(3)4)31(45)36-21/h5-6,8-9,16-17,21-23,25,27,34H,7,10-14H2,1-4H3,(H,35,42)(H,36,45)(H,37,43)(H,38,44)(H,40,41)/t21-,22-,23+,25-,27+/m0/s1. The monoisotopic (exact) mass is 635 g/mol. The number of benzene rings is 1. The summed E-state index contributed by atoms with van der Waals surface area (Å²) in [5.41, 5.74) is 1.25. The van der Waals surface area contributed by atoms with E-state index in [1.165, 1.54) is 4.90 Å². The lowest BCUT2D eigenvalue weighted by Gasteiger charge is -2.30. The Bertz CT molecular complexity index is 1560. The van der Waals surface area contributed by atoms with Gasteiger partial charge >= 0.3 is 5.97 Å². The van der Waals surface area contributed by atoms with Crippen LogP contribution in [0.25, 0.3) is 10.9 Å². The topological polar surface area (TPSA) is 214 Å². The van der Waals surface area contributed by atoms with E-state index < -0.39 is 72.1 Å². The highest BCUT2D eigenvalue weighted by atomic mass is 16.4. The van der Waals surface area contributed by atoms with E-state index in [4.69, 9.17) is 0 Å². The van der Waals surface area contributed by atoms with Gasteiger partial charge in [-0.05, 0) is 42.7 Å². The number of aliphatic carboxylic acids is 1. The van der Waals surface area contributed by atoms with Crippen LogP contribution in [0, 0.1) is 23.2 Å². The molecule has 0 radical (unpaired) electrons. The second-order valence-electron chi connectivity index (χ2n) is 12.7. The number of nitrogens with one attached hydrogen (secondary N) is 5. The Balaban J connectivity index is 1.81. The Kier molecular flexibility index (Phi) is 10.7. The molecule has 14 nitrogen and oxygen atoms in total. The molecule has 5 atom stereocenters. The van der Waals surface area contributed by atoms with Crippen LogP contribution in [0.4, 0.5) is 0 Å². The zero-order valence-corrected chi connectivity index (χ0v) is 26.4. The van der Waals surface area contributed by atoms with Crippen molar-refractivity contribution in [2.75, 3.05) is 6.54 Å². The number of amides is 5. The summed E-state index contributed by atoms with van der Waals surface area (Å²) in [5.74, 6) is -5.27. The van der Waals surface area contributed by atoms with Gasteiger partial charge < -0.3 is 36.3 Å². The van der Waals surface area contributed by atoms with Crippen molar-refractivity contribution in [1.82, 2.24) is 31.2 Å². The molecular weight excluding hydrogens is 594 g/mol. The molecule has 1 aromatic heterocycles. The molecule has 2 aromatic rings. The summed E-state index contributed by atoms with van der Waals surface area (Å²) in [6.07, 6.45) is 0.00736. The molecule has 2 fully saturated rings. The van der Waals surface area contributed by atoms with E-state index in [9.17, 15) is 39.1 Å². The number of aromatic nitrogens is 1. The third kappa shape index (κ3) is 7.64. The van der Waals surface area contributed by atoms with Gasteiger partial charge in [0.15, 0.2) is 0 Å². The molecule has 3 heterocycles. The summed E-state index contributed by atoms with van der Waals surface area (Å²) in [6, 6.07) is 3.12. The molecular formula is C32H41N7O7. The predicted octanol–water partition coefficient (Wildman–Crippen LogP) is 0.703. The van der Waals surface area contributed by atoms with E-state index in [-0.39, 0.29) is 43.3 Å². The minimum Gasteiger partial charge on any atom is -0.481 e. The largest absolute Gasteiger partial charge is 0.481 e. The van der Waals surface area contributed by atoms with E-state index in [1.807, 2.05) is 13.8 Å². The van der Waals surface area contributed by atoms with Crippen molar-refractivity contribution in [2.45, 2.75) is 90.0 Å². The lowest BCUT2D eigenvalue weighted by molar-refractivity contribution is -0.146. The van der Waals surface area contributed by atoms with Crippen LogP contribution < -0.4 is 21.3 Å². The Morgan fingerprint density at radius 2 is 1.59 bits per heavy atom. The van der Waals surface area contributed by atoms with E-state index in [0.717, 1.165) is 0 Å². The molecule has 6 N–H and O–H groups in total. The van der Waals surface area contributed by atoms with E-state index >= 15 is 0 Å². The maximum Gasteiger partial charge on any atom is 0.305 e. The Morgan fingerprint density at radius 1 is 0.935 bits per heavy atom. The van der Waals surface area contributed by atoms with Crippen LogP contribution in [0.3, 0.4) is 0 Å². The number of H-pyrrole nitrogens is 1. The fraction of sp³-hybridized carbons (Fsp3) is 0.531. The van der Waals surface area contributed by atoms with E-state index in [0.29, 0.717) is 22.9 Å². The molecule has 2 aliphatic rings. The summed E-state index contributed by atoms with van der Waals surface area (Å²) >= 11 is 0. The van der Waals surface area contributed by atoms with Crippen LogP contribution in [-0.4, -0.2) is 87.2 Å². The summed E-state index contributed by atoms with van der Waals surface area (Å²) in [4.78, 5) is 84.7. The zero-order chi connectivity index (χ0) is 33.7. The van der Waals surface area contributed by atoms with Crippen molar-refractivity contribution >= 4 is 46.4 Å². The first-order valence-corrected chi connectivity index (χ1v) is 15.5. The van der Waals surface area contributed by atoms with Crippen LogP contribution in [0.2, 0.25) is 0 Å². The Morgan fingerprint density at radius 3 is 2.24 bits per heavy atom. The molecule has 0 spiro atoms. The van der Waals surface area contributed by atoms with Gasteiger partial charge in [-0.15, -0.1) is 0 Å². The molecule has 0 bridgehead atoms. The lowest BCUT2D eigenvalue weighted by Crippen LogP contribution is -2.59. The Labute approximate surface area is 266 Å². The van der Waals surface area contributed by atoms with Gasteiger partial charge in [0.1, 0.15) is 42.0 Å². The van der Waals surface area contributed by atoms with Gasteiger partial charge in [-0.3, -0.25) is 28.8 Å². The second-order valence-corrected chi connectivity index (χ2v) is 12.7. The normalized spacial score (nSPS) is 24.8. The van der Waals surface area contributed by atoms with Crippen molar-refractivity contribution in [3.63, 3.8) is 0 Å². The quantitative estimate of drug-likeness (QED) is 0.254. The SMILES string of the molecule is CC(C)C[C@@H]1NC(=O)[C@@H](C(C)C)NC(=O)[C@@H]2CCCN2C(=O)[C@@H](CC(=O)O)NC(=O)[C@H](Cc2c(C#N)[nH]c3ccccc23)NC1=O. The van der Waals surface area contributed by atoms with Crippen molar-refractivity contribution < 1.29 is 33.9 Å². The minimum absolute atomic E-state index is 0.0547. The first kappa shape index (κ1) is 34.0. The number of nitriles is 1. The van der Waals surface area contributed by atoms with Gasteiger partial charge in [0.25, 0.3) is 0 Å². The van der Waals surface area contributed by atoms with Gasteiger partial charge in [-0.25, -0.2) is 0 Å². The van der Waals surface area contributed by atoms with Crippen molar-refractivity contribution in [3.05, 3.63) is 35.5 Å². The first-order chi connectivity index (χ1) is 21.8. The number of carboxylic acids is 1. The third-order valence-electron chi connectivity index (χ3n) is 8.39. The van der Waals surface area contributed by atoms with E-state index in [2.05, 4.69) is 32.3 Å². The molecule has 2 saturated heterocycles.